The van der Waals surface area contributed by atoms with Crippen LogP contribution in [0.5, 0.6) is 0 Å². The second kappa shape index (κ2) is 10.3. The predicted molar refractivity (Wildman–Crippen MR) is 126 cm³/mol. The van der Waals surface area contributed by atoms with Crippen LogP contribution in [0.25, 0.3) is 11.2 Å². The fraction of sp³-hybridized carbons (Fsp3) is 0.476. The summed E-state index contributed by atoms with van der Waals surface area (Å²) >= 11 is 1.71. The number of anilines is 3. The van der Waals surface area contributed by atoms with Crippen molar-refractivity contribution in [2.24, 2.45) is 0 Å². The number of nitrogens with zero attached hydrogens (tertiary/aromatic N) is 4. The first-order valence-corrected chi connectivity index (χ1v) is 11.8. The van der Waals surface area contributed by atoms with Gasteiger partial charge in [-0.25, -0.2) is 15.0 Å². The molecule has 1 aliphatic heterocycles. The molecule has 1 saturated heterocycles. The molecule has 0 amide bonds. The van der Waals surface area contributed by atoms with Crippen molar-refractivity contribution >= 4 is 40.1 Å². The molecular formula is C21H29N7O3S. The van der Waals surface area contributed by atoms with E-state index in [-0.39, 0.29) is 5.82 Å². The number of benzene rings is 1. The Hall–Kier alpha value is -2.60. The monoisotopic (exact) mass is 459 g/mol. The van der Waals surface area contributed by atoms with Gasteiger partial charge in [0.2, 0.25) is 0 Å². The minimum absolute atomic E-state index is 0.260. The number of para-hydroxylation sites is 2. The Morgan fingerprint density at radius 2 is 1.91 bits per heavy atom. The lowest BCUT2D eigenvalue weighted by molar-refractivity contribution is -0.0289. The van der Waals surface area contributed by atoms with E-state index in [1.54, 1.807) is 16.3 Å². The number of nitrogens with two attached hydrogens (primary N) is 2. The normalized spacial score (nSPS) is 23.1. The third-order valence-electron chi connectivity index (χ3n) is 5.52. The summed E-state index contributed by atoms with van der Waals surface area (Å²) in [7, 11) is 0. The number of ether oxygens (including phenoxy) is 1. The zero-order valence-electron chi connectivity index (χ0n) is 17.7. The highest BCUT2D eigenvalue weighted by atomic mass is 32.2. The van der Waals surface area contributed by atoms with Gasteiger partial charge in [0, 0.05) is 12.3 Å². The summed E-state index contributed by atoms with van der Waals surface area (Å²) < 4.78 is 7.56. The summed E-state index contributed by atoms with van der Waals surface area (Å²) in [6, 6.07) is 7.76. The smallest absolute Gasteiger partial charge is 0.167 e. The molecule has 0 radical (unpaired) electrons. The van der Waals surface area contributed by atoms with Crippen LogP contribution < -0.4 is 16.8 Å². The Bertz CT molecular complexity index is 1030. The summed E-state index contributed by atoms with van der Waals surface area (Å²) in [5, 5.41) is 24.3. The number of unbranched alkanes of at least 4 members (excludes halogenated alkanes) is 2. The summed E-state index contributed by atoms with van der Waals surface area (Å²) in [6.45, 7) is 0.879. The molecule has 4 rings (SSSR count). The summed E-state index contributed by atoms with van der Waals surface area (Å²) in [4.78, 5) is 12.3. The number of thioether (sulfide) groups is 1. The van der Waals surface area contributed by atoms with Crippen molar-refractivity contribution in [2.45, 2.75) is 43.8 Å². The average Bonchev–Trinajstić information content (AvgIpc) is 3.34. The SMILES string of the molecule is Nc1ccccc1NCCCCCSCC1OC(n2cnc3c(N)ncnc32)C(O)C1O. The van der Waals surface area contributed by atoms with Gasteiger partial charge >= 0.3 is 0 Å². The quantitative estimate of drug-likeness (QED) is 0.223. The van der Waals surface area contributed by atoms with Crippen molar-refractivity contribution < 1.29 is 14.9 Å². The molecule has 4 atom stereocenters. The number of nitrogen functional groups attached to an aromatic ring is 2. The Kier molecular flexibility index (Phi) is 7.30. The molecule has 0 aliphatic carbocycles. The first kappa shape index (κ1) is 22.6. The average molecular weight is 460 g/mol. The maximum absolute atomic E-state index is 10.5. The van der Waals surface area contributed by atoms with Gasteiger partial charge < -0.3 is 31.7 Å². The molecule has 4 unspecified atom stereocenters. The van der Waals surface area contributed by atoms with Crippen molar-refractivity contribution in [1.29, 1.82) is 0 Å². The lowest BCUT2D eigenvalue weighted by atomic mass is 10.1. The van der Waals surface area contributed by atoms with E-state index in [2.05, 4.69) is 20.3 Å². The van der Waals surface area contributed by atoms with E-state index in [0.717, 1.165) is 42.9 Å². The first-order chi connectivity index (χ1) is 15.6. The number of hydrogen-bond donors (Lipinski definition) is 5. The van der Waals surface area contributed by atoms with Crippen LogP contribution in [-0.2, 0) is 4.74 Å². The van der Waals surface area contributed by atoms with Gasteiger partial charge in [-0.1, -0.05) is 18.6 Å². The second-order valence-corrected chi connectivity index (χ2v) is 8.93. The summed E-state index contributed by atoms with van der Waals surface area (Å²) in [5.74, 6) is 1.81. The van der Waals surface area contributed by atoms with E-state index in [1.165, 1.54) is 12.7 Å². The lowest BCUT2D eigenvalue weighted by Gasteiger charge is -2.16. The van der Waals surface area contributed by atoms with Crippen LogP contribution in [0.1, 0.15) is 25.5 Å². The highest BCUT2D eigenvalue weighted by molar-refractivity contribution is 7.99. The molecule has 172 valence electrons. The Morgan fingerprint density at radius 3 is 2.75 bits per heavy atom. The molecule has 0 spiro atoms. The topological polar surface area (TPSA) is 157 Å². The molecule has 32 heavy (non-hydrogen) atoms. The van der Waals surface area contributed by atoms with E-state index in [4.69, 9.17) is 16.2 Å². The van der Waals surface area contributed by atoms with E-state index < -0.39 is 24.5 Å². The van der Waals surface area contributed by atoms with Crippen LogP contribution >= 0.6 is 11.8 Å². The number of aromatic nitrogens is 4. The zero-order chi connectivity index (χ0) is 22.5. The predicted octanol–water partition coefficient (Wildman–Crippen LogP) is 1.63. The number of hydrogen-bond acceptors (Lipinski definition) is 10. The summed E-state index contributed by atoms with van der Waals surface area (Å²) in [5.41, 5.74) is 14.4. The highest BCUT2D eigenvalue weighted by Gasteiger charge is 2.44. The molecular weight excluding hydrogens is 430 g/mol. The molecule has 0 bridgehead atoms. The van der Waals surface area contributed by atoms with Crippen LogP contribution in [0, 0.1) is 0 Å². The van der Waals surface area contributed by atoms with Crippen molar-refractivity contribution in [2.75, 3.05) is 34.8 Å². The molecule has 2 aromatic heterocycles. The number of nitrogens with one attached hydrogen (secondary N) is 1. The lowest BCUT2D eigenvalue weighted by Crippen LogP contribution is -2.32. The second-order valence-electron chi connectivity index (χ2n) is 7.78. The van der Waals surface area contributed by atoms with Gasteiger partial charge in [-0.3, -0.25) is 4.57 Å². The molecule has 3 heterocycles. The van der Waals surface area contributed by atoms with E-state index >= 15 is 0 Å². The summed E-state index contributed by atoms with van der Waals surface area (Å²) in [6.07, 6.45) is 2.74. The van der Waals surface area contributed by atoms with Crippen LogP contribution in [0.4, 0.5) is 17.2 Å². The number of imidazole rings is 1. The van der Waals surface area contributed by atoms with Crippen LogP contribution in [0.2, 0.25) is 0 Å². The van der Waals surface area contributed by atoms with Crippen molar-refractivity contribution in [1.82, 2.24) is 19.5 Å². The van der Waals surface area contributed by atoms with Gasteiger partial charge in [0.25, 0.3) is 0 Å². The van der Waals surface area contributed by atoms with Gasteiger partial charge in [-0.2, -0.15) is 11.8 Å². The van der Waals surface area contributed by atoms with Crippen molar-refractivity contribution in [3.63, 3.8) is 0 Å². The third-order valence-corrected chi connectivity index (χ3v) is 6.66. The number of aliphatic hydroxyl groups is 2. The standard InChI is InChI=1S/C21H29N7O3S/c22-13-6-2-3-7-14(13)24-8-4-1-5-9-32-10-15-17(29)18(30)21(31-15)28-12-27-16-19(23)25-11-26-20(16)28/h2-3,6-7,11-12,15,17-18,21,24,29-30H,1,4-5,8-10,22H2,(H2,23,25,26). The van der Waals surface area contributed by atoms with E-state index in [9.17, 15) is 10.2 Å². The fourth-order valence-corrected chi connectivity index (χ4v) is 4.82. The molecule has 1 fully saturated rings. The minimum atomic E-state index is -1.08. The zero-order valence-corrected chi connectivity index (χ0v) is 18.5. The van der Waals surface area contributed by atoms with Gasteiger partial charge in [-0.05, 0) is 30.7 Å². The number of fused-ring (bicyclic) bond motifs is 1. The van der Waals surface area contributed by atoms with E-state index in [1.807, 2.05) is 24.3 Å². The molecule has 10 nitrogen and oxygen atoms in total. The Labute approximate surface area is 190 Å². The van der Waals surface area contributed by atoms with Crippen LogP contribution in [0.3, 0.4) is 0 Å². The number of rotatable bonds is 10. The van der Waals surface area contributed by atoms with Crippen molar-refractivity contribution in [3.8, 4) is 0 Å². The first-order valence-electron chi connectivity index (χ1n) is 10.7. The molecule has 1 aliphatic rings. The Balaban J connectivity index is 1.18. The third kappa shape index (κ3) is 4.90. The van der Waals surface area contributed by atoms with Crippen LogP contribution in [0.15, 0.2) is 36.9 Å². The highest BCUT2D eigenvalue weighted by Crippen LogP contribution is 2.33. The minimum Gasteiger partial charge on any atom is -0.397 e. The van der Waals surface area contributed by atoms with Gasteiger partial charge in [0.15, 0.2) is 17.7 Å². The molecule has 0 saturated carbocycles. The van der Waals surface area contributed by atoms with Gasteiger partial charge in [0.1, 0.15) is 24.1 Å². The van der Waals surface area contributed by atoms with Crippen molar-refractivity contribution in [3.05, 3.63) is 36.9 Å². The van der Waals surface area contributed by atoms with Gasteiger partial charge in [0.05, 0.1) is 23.8 Å². The largest absolute Gasteiger partial charge is 0.397 e. The molecule has 3 aromatic rings. The number of aliphatic hydroxyl groups excluding tert-OH is 2. The van der Waals surface area contributed by atoms with Gasteiger partial charge in [-0.15, -0.1) is 0 Å². The maximum Gasteiger partial charge on any atom is 0.167 e. The molecule has 11 heteroatoms. The maximum atomic E-state index is 10.5. The van der Waals surface area contributed by atoms with Crippen LogP contribution in [-0.4, -0.2) is 66.1 Å². The van der Waals surface area contributed by atoms with E-state index in [0.29, 0.717) is 16.9 Å². The Morgan fingerprint density at radius 1 is 1.06 bits per heavy atom. The molecule has 7 N–H and O–H groups in total. The fourth-order valence-electron chi connectivity index (χ4n) is 3.74. The molecule has 1 aromatic carbocycles.